The van der Waals surface area contributed by atoms with Crippen molar-refractivity contribution in [2.24, 2.45) is 5.73 Å². The molecule has 8 heteroatoms. The van der Waals surface area contributed by atoms with Gasteiger partial charge in [0.15, 0.2) is 6.10 Å². The molecule has 0 saturated heterocycles. The van der Waals surface area contributed by atoms with E-state index in [4.69, 9.17) is 19.7 Å². The molecule has 0 fully saturated rings. The largest absolute Gasteiger partial charge is 0.462 e. The molecule has 0 saturated carbocycles. The van der Waals surface area contributed by atoms with Crippen LogP contribution >= 0.6 is 8.69 Å². The lowest BCUT2D eigenvalue weighted by molar-refractivity contribution is -0.160. The fourth-order valence-electron chi connectivity index (χ4n) is 3.96. The number of carbonyl (C=O) groups excluding carboxylic acids is 2. The van der Waals surface area contributed by atoms with Gasteiger partial charge in [-0.1, -0.05) is 103 Å². The van der Waals surface area contributed by atoms with Gasteiger partial charge in [-0.3, -0.25) is 14.1 Å². The van der Waals surface area contributed by atoms with Crippen LogP contribution in [0.4, 0.5) is 0 Å². The van der Waals surface area contributed by atoms with Gasteiger partial charge in [-0.05, 0) is 25.8 Å². The average molecular weight is 518 g/mol. The standard InChI is InChI=1S/C27H52NO6P/c1-2-3-4-5-6-8-12-15-18-21-27(30)34-25(24-33-35-31)23-32-26(29)20-17-14-11-9-7-10-13-16-19-22-28/h25H,2-24,28H2,1H3/t25-/m0/s1. The molecule has 0 aliphatic rings. The third-order valence-electron chi connectivity index (χ3n) is 6.11. The first kappa shape index (κ1) is 34.0. The smallest absolute Gasteiger partial charge is 0.327 e. The molecule has 0 amide bonds. The van der Waals surface area contributed by atoms with Gasteiger partial charge in [-0.15, -0.1) is 0 Å². The lowest BCUT2D eigenvalue weighted by Gasteiger charge is -2.16. The molecule has 1 atom stereocenters. The van der Waals surface area contributed by atoms with E-state index in [0.29, 0.717) is 12.8 Å². The van der Waals surface area contributed by atoms with E-state index in [1.165, 1.54) is 70.6 Å². The molecule has 7 nitrogen and oxygen atoms in total. The van der Waals surface area contributed by atoms with Crippen LogP contribution in [0.3, 0.4) is 0 Å². The van der Waals surface area contributed by atoms with Gasteiger partial charge in [-0.25, -0.2) is 4.57 Å². The van der Waals surface area contributed by atoms with E-state index in [1.807, 2.05) is 0 Å². The first-order valence-electron chi connectivity index (χ1n) is 14.1. The summed E-state index contributed by atoms with van der Waals surface area (Å²) in [5.41, 5.74) is 5.49. The molecule has 0 unspecified atom stereocenters. The van der Waals surface area contributed by atoms with E-state index in [0.717, 1.165) is 51.5 Å². The van der Waals surface area contributed by atoms with Crippen LogP contribution in [-0.4, -0.2) is 37.8 Å². The van der Waals surface area contributed by atoms with Crippen LogP contribution in [0.1, 0.15) is 135 Å². The second-order valence-electron chi connectivity index (χ2n) is 9.46. The summed E-state index contributed by atoms with van der Waals surface area (Å²) in [5.74, 6) is -0.630. The fraction of sp³-hybridized carbons (Fsp3) is 0.926. The average Bonchev–Trinajstić information content (AvgIpc) is 2.85. The monoisotopic (exact) mass is 517 g/mol. The Bertz CT molecular complexity index is 506. The zero-order valence-corrected chi connectivity index (χ0v) is 23.2. The number of carbonyl (C=O) groups is 2. The zero-order chi connectivity index (χ0) is 25.8. The summed E-state index contributed by atoms with van der Waals surface area (Å²) in [5, 5.41) is 0. The summed E-state index contributed by atoms with van der Waals surface area (Å²) >= 11 is 0. The van der Waals surface area contributed by atoms with Crippen molar-refractivity contribution in [1.82, 2.24) is 0 Å². The Hall–Kier alpha value is -1.04. The molecule has 0 rings (SSSR count). The van der Waals surface area contributed by atoms with Crippen molar-refractivity contribution >= 4 is 20.6 Å². The number of hydrogen-bond acceptors (Lipinski definition) is 7. The Labute approximate surface area is 215 Å². The second-order valence-corrected chi connectivity index (χ2v) is 9.87. The van der Waals surface area contributed by atoms with Crippen LogP contribution in [-0.2, 0) is 28.2 Å². The molecule has 35 heavy (non-hydrogen) atoms. The molecule has 2 N–H and O–H groups in total. The minimum Gasteiger partial charge on any atom is -0.462 e. The number of hydrogen-bond donors (Lipinski definition) is 1. The van der Waals surface area contributed by atoms with Crippen molar-refractivity contribution in [2.75, 3.05) is 19.8 Å². The molecule has 0 aromatic rings. The van der Waals surface area contributed by atoms with Crippen LogP contribution in [0.15, 0.2) is 0 Å². The predicted octanol–water partition coefficient (Wildman–Crippen LogP) is 7.45. The Morgan fingerprint density at radius 3 is 1.60 bits per heavy atom. The minimum atomic E-state index is -0.731. The highest BCUT2D eigenvalue weighted by Gasteiger charge is 2.17. The van der Waals surface area contributed by atoms with E-state index in [-0.39, 0.29) is 25.2 Å². The quantitative estimate of drug-likeness (QED) is 0.0685. The molecule has 0 spiro atoms. The first-order valence-corrected chi connectivity index (χ1v) is 14.9. The molecule has 0 bridgehead atoms. The van der Waals surface area contributed by atoms with Crippen LogP contribution in [0.5, 0.6) is 0 Å². The molecule has 206 valence electrons. The summed E-state index contributed by atoms with van der Waals surface area (Å²) in [6.07, 6.45) is 20.8. The van der Waals surface area contributed by atoms with Crippen molar-refractivity contribution in [2.45, 2.75) is 141 Å². The zero-order valence-electron chi connectivity index (χ0n) is 22.3. The normalized spacial score (nSPS) is 12.1. The second kappa shape index (κ2) is 27.5. The Morgan fingerprint density at radius 1 is 0.657 bits per heavy atom. The van der Waals surface area contributed by atoms with Gasteiger partial charge in [0.2, 0.25) is 0 Å². The summed E-state index contributed by atoms with van der Waals surface area (Å²) < 4.78 is 26.1. The van der Waals surface area contributed by atoms with Crippen LogP contribution in [0, 0.1) is 0 Å². The maximum Gasteiger partial charge on any atom is 0.327 e. The lowest BCUT2D eigenvalue weighted by atomic mass is 10.1. The minimum absolute atomic E-state index is 0.0624. The van der Waals surface area contributed by atoms with E-state index >= 15 is 0 Å². The molecule has 0 aliphatic heterocycles. The third kappa shape index (κ3) is 25.8. The topological polar surface area (TPSA) is 105 Å². The SMILES string of the molecule is CCCCCCCCCCCC(=O)O[C@H](COP=O)COC(=O)CCCCCCCCCCCN. The van der Waals surface area contributed by atoms with Crippen molar-refractivity contribution < 1.29 is 28.2 Å². The van der Waals surface area contributed by atoms with Gasteiger partial charge in [0, 0.05) is 12.8 Å². The summed E-state index contributed by atoms with van der Waals surface area (Å²) in [4.78, 5) is 24.2. The molecule has 0 aromatic carbocycles. The highest BCUT2D eigenvalue weighted by Crippen LogP contribution is 2.13. The van der Waals surface area contributed by atoms with Gasteiger partial charge >= 0.3 is 20.6 Å². The summed E-state index contributed by atoms with van der Waals surface area (Å²) in [6.45, 7) is 2.87. The molecule has 0 heterocycles. The van der Waals surface area contributed by atoms with Gasteiger partial charge in [-0.2, -0.15) is 0 Å². The maximum absolute atomic E-state index is 12.1. The Kier molecular flexibility index (Phi) is 26.7. The number of rotatable bonds is 27. The molecular weight excluding hydrogens is 465 g/mol. The predicted molar refractivity (Wildman–Crippen MR) is 141 cm³/mol. The lowest BCUT2D eigenvalue weighted by Crippen LogP contribution is -2.28. The Balaban J connectivity index is 3.83. The molecule has 0 aromatic heterocycles. The summed E-state index contributed by atoms with van der Waals surface area (Å²) in [6, 6.07) is 0. The van der Waals surface area contributed by atoms with Gasteiger partial charge in [0.1, 0.15) is 13.2 Å². The molecular formula is C27H52NO6P. The molecule has 0 aliphatic carbocycles. The number of nitrogens with two attached hydrogens (primary N) is 1. The number of unbranched alkanes of at least 4 members (excludes halogenated alkanes) is 16. The maximum atomic E-state index is 12.1. The highest BCUT2D eigenvalue weighted by atomic mass is 31.1. The van der Waals surface area contributed by atoms with E-state index in [1.54, 1.807) is 0 Å². The van der Waals surface area contributed by atoms with Crippen LogP contribution in [0.25, 0.3) is 0 Å². The van der Waals surface area contributed by atoms with Crippen molar-refractivity contribution in [1.29, 1.82) is 0 Å². The van der Waals surface area contributed by atoms with Crippen LogP contribution in [0.2, 0.25) is 0 Å². The summed E-state index contributed by atoms with van der Waals surface area (Å²) in [7, 11) is -0.488. The van der Waals surface area contributed by atoms with Crippen LogP contribution < -0.4 is 5.73 Å². The van der Waals surface area contributed by atoms with E-state index in [9.17, 15) is 14.2 Å². The highest BCUT2D eigenvalue weighted by molar-refractivity contribution is 7.17. The number of ether oxygens (including phenoxy) is 2. The van der Waals surface area contributed by atoms with Gasteiger partial charge in [0.05, 0.1) is 0 Å². The molecule has 0 radical (unpaired) electrons. The van der Waals surface area contributed by atoms with Gasteiger partial charge < -0.3 is 15.2 Å². The Morgan fingerprint density at radius 2 is 1.11 bits per heavy atom. The van der Waals surface area contributed by atoms with Crippen molar-refractivity contribution in [3.63, 3.8) is 0 Å². The van der Waals surface area contributed by atoms with E-state index in [2.05, 4.69) is 6.92 Å². The van der Waals surface area contributed by atoms with Gasteiger partial charge in [0.25, 0.3) is 0 Å². The third-order valence-corrected chi connectivity index (χ3v) is 6.37. The van der Waals surface area contributed by atoms with Crippen molar-refractivity contribution in [3.8, 4) is 0 Å². The van der Waals surface area contributed by atoms with E-state index < -0.39 is 14.8 Å². The first-order chi connectivity index (χ1) is 17.1. The number of esters is 2. The fourth-order valence-corrected chi connectivity index (χ4v) is 4.19. The van der Waals surface area contributed by atoms with Crippen molar-refractivity contribution in [3.05, 3.63) is 0 Å².